The van der Waals surface area contributed by atoms with Gasteiger partial charge in [0.2, 0.25) is 5.91 Å². The third-order valence-corrected chi connectivity index (χ3v) is 6.44. The molecule has 0 aliphatic heterocycles. The van der Waals surface area contributed by atoms with Crippen molar-refractivity contribution in [3.63, 3.8) is 0 Å². The van der Waals surface area contributed by atoms with E-state index >= 15 is 0 Å². The summed E-state index contributed by atoms with van der Waals surface area (Å²) in [5.41, 5.74) is 2.61. The number of aryl methyl sites for hydroxylation is 2. The van der Waals surface area contributed by atoms with Crippen LogP contribution in [-0.2, 0) is 14.8 Å². The highest BCUT2D eigenvalue weighted by Gasteiger charge is 2.28. The lowest BCUT2D eigenvalue weighted by Gasteiger charge is -2.25. The molecule has 0 saturated heterocycles. The summed E-state index contributed by atoms with van der Waals surface area (Å²) >= 11 is 0. The third-order valence-electron chi connectivity index (χ3n) is 4.67. The van der Waals surface area contributed by atoms with Crippen LogP contribution in [0.15, 0.2) is 65.8 Å². The number of aromatic nitrogens is 1. The Balaban J connectivity index is 2.04. The fourth-order valence-corrected chi connectivity index (χ4v) is 4.70. The number of benzene rings is 2. The van der Waals surface area contributed by atoms with Crippen molar-refractivity contribution in [1.82, 2.24) is 4.98 Å². The molecule has 9 heteroatoms. The first-order chi connectivity index (χ1) is 15.2. The maximum absolute atomic E-state index is 13.6. The van der Waals surface area contributed by atoms with Crippen molar-refractivity contribution in [2.45, 2.75) is 18.7 Å². The minimum absolute atomic E-state index is 0.0245. The van der Waals surface area contributed by atoms with E-state index in [9.17, 15) is 13.2 Å². The predicted molar refractivity (Wildman–Crippen MR) is 123 cm³/mol. The van der Waals surface area contributed by atoms with E-state index in [2.05, 4.69) is 10.3 Å². The number of nitrogens with zero attached hydrogens (tertiary/aromatic N) is 2. The van der Waals surface area contributed by atoms with Crippen LogP contribution in [0.3, 0.4) is 0 Å². The van der Waals surface area contributed by atoms with E-state index in [1.54, 1.807) is 30.5 Å². The monoisotopic (exact) mass is 455 g/mol. The summed E-state index contributed by atoms with van der Waals surface area (Å²) in [6, 6.07) is 13.0. The minimum Gasteiger partial charge on any atom is -0.493 e. The molecule has 2 aromatic carbocycles. The first kappa shape index (κ1) is 23.1. The Morgan fingerprint density at radius 1 is 1.00 bits per heavy atom. The average Bonchev–Trinajstić information content (AvgIpc) is 2.76. The molecule has 0 fully saturated rings. The van der Waals surface area contributed by atoms with Gasteiger partial charge in [-0.15, -0.1) is 0 Å². The molecule has 1 N–H and O–H groups in total. The Morgan fingerprint density at radius 3 is 2.28 bits per heavy atom. The molecular weight excluding hydrogens is 430 g/mol. The Kier molecular flexibility index (Phi) is 6.99. The fourth-order valence-electron chi connectivity index (χ4n) is 3.28. The molecular formula is C23H25N3O5S. The molecule has 0 aliphatic carbocycles. The lowest BCUT2D eigenvalue weighted by Crippen LogP contribution is -2.38. The van der Waals surface area contributed by atoms with E-state index in [1.165, 1.54) is 38.6 Å². The van der Waals surface area contributed by atoms with Crippen molar-refractivity contribution in [2.24, 2.45) is 0 Å². The molecule has 0 atom stereocenters. The quantitative estimate of drug-likeness (QED) is 0.558. The van der Waals surface area contributed by atoms with Crippen LogP contribution < -0.4 is 19.1 Å². The summed E-state index contributed by atoms with van der Waals surface area (Å²) < 4.78 is 38.8. The topological polar surface area (TPSA) is 97.8 Å². The molecule has 168 valence electrons. The number of carbonyl (C=O) groups is 1. The maximum atomic E-state index is 13.6. The van der Waals surface area contributed by atoms with E-state index < -0.39 is 22.5 Å². The predicted octanol–water partition coefficient (Wildman–Crippen LogP) is 3.55. The van der Waals surface area contributed by atoms with E-state index in [4.69, 9.17) is 9.47 Å². The van der Waals surface area contributed by atoms with Crippen LogP contribution in [0.2, 0.25) is 0 Å². The highest BCUT2D eigenvalue weighted by Crippen LogP contribution is 2.32. The van der Waals surface area contributed by atoms with Crippen molar-refractivity contribution < 1.29 is 22.7 Å². The van der Waals surface area contributed by atoms with Crippen molar-refractivity contribution >= 4 is 27.3 Å². The molecule has 0 saturated carbocycles. The van der Waals surface area contributed by atoms with Gasteiger partial charge in [-0.3, -0.25) is 14.1 Å². The molecule has 1 amide bonds. The molecule has 1 aromatic heterocycles. The number of hydrogen-bond acceptors (Lipinski definition) is 6. The van der Waals surface area contributed by atoms with E-state index in [0.717, 1.165) is 15.4 Å². The average molecular weight is 456 g/mol. The number of amides is 1. The molecule has 0 unspecified atom stereocenters. The first-order valence-corrected chi connectivity index (χ1v) is 11.2. The van der Waals surface area contributed by atoms with Crippen molar-refractivity contribution in [3.05, 3.63) is 72.1 Å². The van der Waals surface area contributed by atoms with Crippen LogP contribution in [0.5, 0.6) is 11.5 Å². The Hall–Kier alpha value is -3.59. The largest absolute Gasteiger partial charge is 0.493 e. The van der Waals surface area contributed by atoms with Gasteiger partial charge < -0.3 is 14.8 Å². The van der Waals surface area contributed by atoms with Gasteiger partial charge in [0.15, 0.2) is 11.5 Å². The lowest BCUT2D eigenvalue weighted by atomic mass is 10.1. The molecule has 8 nitrogen and oxygen atoms in total. The second-order valence-electron chi connectivity index (χ2n) is 7.16. The van der Waals surface area contributed by atoms with Crippen molar-refractivity contribution in [3.8, 4) is 11.5 Å². The number of rotatable bonds is 8. The summed E-state index contributed by atoms with van der Waals surface area (Å²) in [6.07, 6.45) is 3.07. The van der Waals surface area contributed by atoms with E-state index in [1.807, 2.05) is 19.9 Å². The molecule has 0 spiro atoms. The van der Waals surface area contributed by atoms with Crippen molar-refractivity contribution in [2.75, 3.05) is 30.4 Å². The van der Waals surface area contributed by atoms with Gasteiger partial charge in [-0.05, 0) is 61.4 Å². The Morgan fingerprint density at radius 2 is 1.69 bits per heavy atom. The first-order valence-electron chi connectivity index (χ1n) is 9.77. The molecule has 0 aliphatic rings. The van der Waals surface area contributed by atoms with Crippen LogP contribution in [0, 0.1) is 13.8 Å². The summed E-state index contributed by atoms with van der Waals surface area (Å²) in [4.78, 5) is 16.7. The normalized spacial score (nSPS) is 11.0. The van der Waals surface area contributed by atoms with Crippen LogP contribution in [0.4, 0.5) is 11.4 Å². The number of methoxy groups -OCH3 is 2. The smallest absolute Gasteiger partial charge is 0.264 e. The molecule has 3 rings (SSSR count). The minimum atomic E-state index is -4.11. The van der Waals surface area contributed by atoms with Gasteiger partial charge >= 0.3 is 0 Å². The summed E-state index contributed by atoms with van der Waals surface area (Å²) in [6.45, 7) is 3.31. The van der Waals surface area contributed by atoms with Gasteiger partial charge in [0.25, 0.3) is 10.0 Å². The number of sulfonamides is 1. The van der Waals surface area contributed by atoms with Crippen LogP contribution in [-0.4, -0.2) is 40.1 Å². The standard InChI is InChI=1S/C23H25N3O5S/c1-16-10-17(2)12-19(11-16)26(15-23(27)25-18-6-5-9-24-14-18)32(28,29)20-7-8-21(30-3)22(13-20)31-4/h5-14H,15H2,1-4H3,(H,25,27). The lowest BCUT2D eigenvalue weighted by molar-refractivity contribution is -0.114. The highest BCUT2D eigenvalue weighted by molar-refractivity contribution is 7.92. The number of ether oxygens (including phenoxy) is 2. The van der Waals surface area contributed by atoms with Gasteiger partial charge in [-0.25, -0.2) is 8.42 Å². The summed E-state index contributed by atoms with van der Waals surface area (Å²) in [5, 5.41) is 2.68. The molecule has 3 aromatic rings. The van der Waals surface area contributed by atoms with Gasteiger partial charge in [0, 0.05) is 12.3 Å². The van der Waals surface area contributed by atoms with E-state index in [0.29, 0.717) is 17.1 Å². The Bertz CT molecular complexity index is 1190. The number of carbonyl (C=O) groups excluding carboxylic acids is 1. The second kappa shape index (κ2) is 9.69. The zero-order valence-electron chi connectivity index (χ0n) is 18.3. The SMILES string of the molecule is COc1ccc(S(=O)(=O)N(CC(=O)Nc2cccnc2)c2cc(C)cc(C)c2)cc1OC. The number of anilines is 2. The van der Waals surface area contributed by atoms with Crippen LogP contribution in [0.25, 0.3) is 0 Å². The summed E-state index contributed by atoms with van der Waals surface area (Å²) in [7, 11) is -1.21. The van der Waals surface area contributed by atoms with Gasteiger partial charge in [0.05, 0.1) is 36.7 Å². The van der Waals surface area contributed by atoms with Crippen LogP contribution >= 0.6 is 0 Å². The number of pyridine rings is 1. The van der Waals surface area contributed by atoms with Gasteiger partial charge in [0.1, 0.15) is 6.54 Å². The summed E-state index contributed by atoms with van der Waals surface area (Å²) in [5.74, 6) is 0.175. The molecule has 32 heavy (non-hydrogen) atoms. The number of nitrogens with one attached hydrogen (secondary N) is 1. The molecule has 1 heterocycles. The molecule has 0 radical (unpaired) electrons. The van der Waals surface area contributed by atoms with Gasteiger partial charge in [-0.1, -0.05) is 6.07 Å². The third kappa shape index (κ3) is 5.17. The van der Waals surface area contributed by atoms with Crippen molar-refractivity contribution in [1.29, 1.82) is 0 Å². The zero-order valence-corrected chi connectivity index (χ0v) is 19.1. The van der Waals surface area contributed by atoms with Gasteiger partial charge in [-0.2, -0.15) is 0 Å². The fraction of sp³-hybridized carbons (Fsp3) is 0.217. The van der Waals surface area contributed by atoms with Crippen LogP contribution in [0.1, 0.15) is 11.1 Å². The highest BCUT2D eigenvalue weighted by atomic mass is 32.2. The zero-order chi connectivity index (χ0) is 23.3. The number of hydrogen-bond donors (Lipinski definition) is 1. The van der Waals surface area contributed by atoms with E-state index in [-0.39, 0.29) is 10.6 Å². The maximum Gasteiger partial charge on any atom is 0.264 e. The Labute approximate surface area is 187 Å². The second-order valence-corrected chi connectivity index (χ2v) is 9.03. The molecule has 0 bridgehead atoms.